The number of halogens is 4. The van der Waals surface area contributed by atoms with Crippen molar-refractivity contribution < 1.29 is 27.1 Å². The van der Waals surface area contributed by atoms with Gasteiger partial charge in [-0.05, 0) is 71.9 Å². The number of anilines is 1. The number of nitrogens with zero attached hydrogens (tertiary/aromatic N) is 2. The molecule has 1 fully saturated rings. The minimum atomic E-state index is -4.74. The van der Waals surface area contributed by atoms with Crippen LogP contribution in [0.4, 0.5) is 23.2 Å². The Kier molecular flexibility index (Phi) is 9.60. The van der Waals surface area contributed by atoms with Crippen LogP contribution in [0.1, 0.15) is 48.5 Å². The van der Waals surface area contributed by atoms with Crippen LogP contribution in [0.5, 0.6) is 5.88 Å². The second-order valence-electron chi connectivity index (χ2n) is 10.2. The smallest absolute Gasteiger partial charge is 0.415 e. The molecule has 1 aliphatic carbocycles. The van der Waals surface area contributed by atoms with E-state index < -0.39 is 35.9 Å². The minimum absolute atomic E-state index is 0.0566. The zero-order chi connectivity index (χ0) is 29.6. The lowest BCUT2D eigenvalue weighted by atomic mass is 9.97. The molecule has 3 aromatic rings. The highest BCUT2D eigenvalue weighted by Crippen LogP contribution is 2.37. The number of carbonyl (C=O) groups is 1. The predicted molar refractivity (Wildman–Crippen MR) is 151 cm³/mol. The van der Waals surface area contributed by atoms with Crippen molar-refractivity contribution in [2.45, 2.75) is 50.9 Å². The summed E-state index contributed by atoms with van der Waals surface area (Å²) >= 11 is 0. The zero-order valence-corrected chi connectivity index (χ0v) is 22.8. The Morgan fingerprint density at radius 3 is 2.61 bits per heavy atom. The fraction of sp³-hybridized carbons (Fsp3) is 0.312. The summed E-state index contributed by atoms with van der Waals surface area (Å²) < 4.78 is 61.5. The number of pyridine rings is 1. The number of ether oxygens (including phenoxy) is 1. The van der Waals surface area contributed by atoms with E-state index in [0.717, 1.165) is 12.0 Å². The van der Waals surface area contributed by atoms with Crippen LogP contribution in [0.25, 0.3) is 0 Å². The Morgan fingerprint density at radius 1 is 1.17 bits per heavy atom. The van der Waals surface area contributed by atoms with Gasteiger partial charge in [0.2, 0.25) is 5.88 Å². The standard InChI is InChI=1S/C32H33F4N3O2/c1-21(32(34,35)36)16-28(39(2)26-7-5-6-23(17-26)20-37)29(40)19-25-18-24(12-13-27(25)33)30(14-11-22-9-10-22)41-31-8-3-4-15-38-31/h3-8,12-13,15-18,22,30H,1,9-11,14,19-20,37H2,2H3/b28-16-. The Hall–Kier alpha value is -3.98. The molecule has 1 heterocycles. The molecule has 1 atom stereocenters. The van der Waals surface area contributed by atoms with Crippen LogP contribution in [-0.2, 0) is 17.8 Å². The highest BCUT2D eigenvalue weighted by molar-refractivity contribution is 6.00. The largest absolute Gasteiger partial charge is 0.469 e. The fourth-order valence-electron chi connectivity index (χ4n) is 4.49. The average molecular weight is 568 g/mol. The van der Waals surface area contributed by atoms with E-state index in [1.807, 2.05) is 0 Å². The third-order valence-corrected chi connectivity index (χ3v) is 7.08. The van der Waals surface area contributed by atoms with Crippen molar-refractivity contribution in [2.24, 2.45) is 11.7 Å². The summed E-state index contributed by atoms with van der Waals surface area (Å²) in [6.45, 7) is 3.32. The Bertz CT molecular complexity index is 1400. The number of carbonyl (C=O) groups excluding carboxylic acids is 1. The topological polar surface area (TPSA) is 68.5 Å². The maximum atomic E-state index is 15.0. The number of aromatic nitrogens is 1. The molecular formula is C32H33F4N3O2. The quantitative estimate of drug-likeness (QED) is 0.134. The zero-order valence-electron chi connectivity index (χ0n) is 22.8. The number of rotatable bonds is 13. The summed E-state index contributed by atoms with van der Waals surface area (Å²) in [5, 5.41) is 0. The summed E-state index contributed by atoms with van der Waals surface area (Å²) in [6.07, 6.45) is 0.622. The van der Waals surface area contributed by atoms with Crippen LogP contribution in [0.15, 0.2) is 90.8 Å². The lowest BCUT2D eigenvalue weighted by Crippen LogP contribution is -2.26. The molecule has 216 valence electrons. The van der Waals surface area contributed by atoms with Gasteiger partial charge in [0, 0.05) is 38.0 Å². The van der Waals surface area contributed by atoms with Gasteiger partial charge < -0.3 is 15.4 Å². The number of likely N-dealkylation sites (N-methyl/N-ethyl adjacent to an activating group) is 1. The van der Waals surface area contributed by atoms with E-state index in [1.165, 1.54) is 30.9 Å². The lowest BCUT2D eigenvalue weighted by Gasteiger charge is -2.24. The van der Waals surface area contributed by atoms with Crippen LogP contribution in [0.3, 0.4) is 0 Å². The van der Waals surface area contributed by atoms with Crippen molar-refractivity contribution in [3.63, 3.8) is 0 Å². The number of Topliss-reactive ketones (excluding diaryl/α,β-unsaturated/α-hetero) is 1. The predicted octanol–water partition coefficient (Wildman–Crippen LogP) is 7.24. The summed E-state index contributed by atoms with van der Waals surface area (Å²) in [6, 6.07) is 16.5. The van der Waals surface area contributed by atoms with E-state index >= 15 is 4.39 Å². The highest BCUT2D eigenvalue weighted by atomic mass is 19.4. The molecule has 0 saturated heterocycles. The van der Waals surface area contributed by atoms with Gasteiger partial charge in [-0.1, -0.05) is 43.7 Å². The summed E-state index contributed by atoms with van der Waals surface area (Å²) in [4.78, 5) is 19.1. The number of hydrogen-bond donors (Lipinski definition) is 1. The van der Waals surface area contributed by atoms with Crippen LogP contribution in [0.2, 0.25) is 0 Å². The molecule has 0 spiro atoms. The molecule has 1 aliphatic rings. The summed E-state index contributed by atoms with van der Waals surface area (Å²) in [5.74, 6) is -0.281. The van der Waals surface area contributed by atoms with E-state index in [1.54, 1.807) is 60.8 Å². The van der Waals surface area contributed by atoms with Crippen LogP contribution >= 0.6 is 0 Å². The van der Waals surface area contributed by atoms with Gasteiger partial charge in [-0.3, -0.25) is 4.79 Å². The number of alkyl halides is 3. The molecule has 0 amide bonds. The van der Waals surface area contributed by atoms with Gasteiger partial charge in [-0.25, -0.2) is 9.37 Å². The SMILES string of the molecule is C=C(/C=C(/C(=O)Cc1cc(C(CCC2CC2)Oc2ccccn2)ccc1F)N(C)c1cccc(CN)c1)C(F)(F)F. The molecule has 1 unspecified atom stereocenters. The van der Waals surface area contributed by atoms with Gasteiger partial charge in [0.15, 0.2) is 5.78 Å². The fourth-order valence-corrected chi connectivity index (χ4v) is 4.49. The Morgan fingerprint density at radius 2 is 1.95 bits per heavy atom. The van der Waals surface area contributed by atoms with Gasteiger partial charge in [0.25, 0.3) is 0 Å². The molecule has 4 rings (SSSR count). The first-order chi connectivity index (χ1) is 19.5. The average Bonchev–Trinajstić information content (AvgIpc) is 3.79. The van der Waals surface area contributed by atoms with Crippen molar-refractivity contribution in [1.29, 1.82) is 0 Å². The van der Waals surface area contributed by atoms with Crippen molar-refractivity contribution in [3.8, 4) is 5.88 Å². The summed E-state index contributed by atoms with van der Waals surface area (Å²) in [5.41, 5.74) is 6.16. The van der Waals surface area contributed by atoms with E-state index in [2.05, 4.69) is 11.6 Å². The molecule has 0 aliphatic heterocycles. The number of ketones is 1. The number of allylic oxidation sites excluding steroid dienone is 3. The van der Waals surface area contributed by atoms with E-state index in [0.29, 0.717) is 35.5 Å². The van der Waals surface area contributed by atoms with Crippen molar-refractivity contribution >= 4 is 11.5 Å². The second kappa shape index (κ2) is 13.1. The molecule has 5 nitrogen and oxygen atoms in total. The van der Waals surface area contributed by atoms with Crippen LogP contribution < -0.4 is 15.4 Å². The van der Waals surface area contributed by atoms with E-state index in [9.17, 15) is 18.0 Å². The molecule has 2 aromatic carbocycles. The van der Waals surface area contributed by atoms with Crippen LogP contribution in [-0.4, -0.2) is 24.0 Å². The Balaban J connectivity index is 1.64. The van der Waals surface area contributed by atoms with Gasteiger partial charge in [-0.2, -0.15) is 13.2 Å². The maximum absolute atomic E-state index is 15.0. The molecule has 1 aromatic heterocycles. The highest BCUT2D eigenvalue weighted by Gasteiger charge is 2.32. The number of hydrogen-bond acceptors (Lipinski definition) is 5. The number of nitrogens with two attached hydrogens (primary N) is 1. The van der Waals surface area contributed by atoms with Gasteiger partial charge in [-0.15, -0.1) is 0 Å². The normalized spacial score (nSPS) is 14.4. The monoisotopic (exact) mass is 567 g/mol. The molecule has 2 N–H and O–H groups in total. The molecule has 41 heavy (non-hydrogen) atoms. The van der Waals surface area contributed by atoms with Crippen molar-refractivity contribution in [1.82, 2.24) is 4.98 Å². The van der Waals surface area contributed by atoms with Crippen LogP contribution in [0, 0.1) is 11.7 Å². The molecule has 0 bridgehead atoms. The van der Waals surface area contributed by atoms with Crippen molar-refractivity contribution in [3.05, 3.63) is 113 Å². The van der Waals surface area contributed by atoms with E-state index in [-0.39, 0.29) is 17.8 Å². The third kappa shape index (κ3) is 8.27. The lowest BCUT2D eigenvalue weighted by molar-refractivity contribution is -0.115. The molecular weight excluding hydrogens is 534 g/mol. The second-order valence-corrected chi connectivity index (χ2v) is 10.2. The first-order valence-electron chi connectivity index (χ1n) is 13.4. The molecule has 9 heteroatoms. The first kappa shape index (κ1) is 30.0. The van der Waals surface area contributed by atoms with Gasteiger partial charge in [0.05, 0.1) is 11.3 Å². The molecule has 0 radical (unpaired) electrons. The molecule has 1 saturated carbocycles. The Labute approximate surface area is 237 Å². The van der Waals surface area contributed by atoms with Gasteiger partial charge >= 0.3 is 6.18 Å². The van der Waals surface area contributed by atoms with Crippen molar-refractivity contribution in [2.75, 3.05) is 11.9 Å². The first-order valence-corrected chi connectivity index (χ1v) is 13.4. The number of benzene rings is 2. The van der Waals surface area contributed by atoms with Gasteiger partial charge in [0.1, 0.15) is 11.9 Å². The maximum Gasteiger partial charge on any atom is 0.415 e. The summed E-state index contributed by atoms with van der Waals surface area (Å²) in [7, 11) is 1.48. The third-order valence-electron chi connectivity index (χ3n) is 7.08. The minimum Gasteiger partial charge on any atom is -0.469 e. The van der Waals surface area contributed by atoms with E-state index in [4.69, 9.17) is 10.5 Å².